The Balaban J connectivity index is 0.00000280. The van der Waals surface area contributed by atoms with Crippen LogP contribution in [0.2, 0.25) is 0 Å². The van der Waals surface area contributed by atoms with E-state index in [4.69, 9.17) is 4.74 Å². The first-order valence-electron chi connectivity index (χ1n) is 10.1. The van der Waals surface area contributed by atoms with Crippen LogP contribution in [0, 0.1) is 5.92 Å². The molecule has 9 heteroatoms. The number of ether oxygens (including phenoxy) is 1. The largest absolute Gasteiger partial charge is 0.388 e. The maximum absolute atomic E-state index is 12.9. The van der Waals surface area contributed by atoms with Crippen LogP contribution in [0.5, 0.6) is 0 Å². The van der Waals surface area contributed by atoms with Crippen molar-refractivity contribution in [1.82, 2.24) is 20.4 Å². The van der Waals surface area contributed by atoms with Gasteiger partial charge in [0.2, 0.25) is 5.91 Å². The molecule has 1 spiro atoms. The Morgan fingerprint density at radius 2 is 1.79 bits per heavy atom. The highest BCUT2D eigenvalue weighted by atomic mass is 35.5. The van der Waals surface area contributed by atoms with Gasteiger partial charge in [-0.3, -0.25) is 4.79 Å². The summed E-state index contributed by atoms with van der Waals surface area (Å²) in [6.45, 7) is 5.30. The molecule has 0 aromatic carbocycles. The molecule has 3 aliphatic heterocycles. The highest BCUT2D eigenvalue weighted by Gasteiger charge is 2.53. The van der Waals surface area contributed by atoms with E-state index in [0.717, 1.165) is 25.9 Å². The third kappa shape index (κ3) is 4.56. The summed E-state index contributed by atoms with van der Waals surface area (Å²) in [6, 6.07) is -0.00600. The summed E-state index contributed by atoms with van der Waals surface area (Å²) < 4.78 is 6.01. The minimum absolute atomic E-state index is 0. The van der Waals surface area contributed by atoms with Gasteiger partial charge in [-0.1, -0.05) is 0 Å². The number of likely N-dealkylation sites (tertiary alicyclic amines) is 1. The van der Waals surface area contributed by atoms with Crippen molar-refractivity contribution in [2.24, 2.45) is 5.92 Å². The lowest BCUT2D eigenvalue weighted by atomic mass is 9.73. The molecule has 3 fully saturated rings. The highest BCUT2D eigenvalue weighted by molar-refractivity contribution is 5.85. The fraction of sp³-hybridized carbons (Fsp3) is 0.895. The number of rotatable bonds is 2. The summed E-state index contributed by atoms with van der Waals surface area (Å²) in [6.07, 6.45) is 2.70. The number of aliphatic hydroxyl groups is 1. The second-order valence-corrected chi connectivity index (χ2v) is 8.66. The van der Waals surface area contributed by atoms with Gasteiger partial charge in [0.05, 0.1) is 11.1 Å². The normalized spacial score (nSPS) is 30.4. The maximum atomic E-state index is 12.9. The van der Waals surface area contributed by atoms with Crippen LogP contribution in [-0.2, 0) is 9.53 Å². The summed E-state index contributed by atoms with van der Waals surface area (Å²) in [5.41, 5.74) is -1.24. The molecule has 8 nitrogen and oxygen atoms in total. The van der Waals surface area contributed by atoms with E-state index in [1.165, 1.54) is 0 Å². The first-order chi connectivity index (χ1) is 12.8. The smallest absolute Gasteiger partial charge is 0.319 e. The van der Waals surface area contributed by atoms with Crippen LogP contribution < -0.4 is 10.6 Å². The van der Waals surface area contributed by atoms with Gasteiger partial charge in [-0.2, -0.15) is 0 Å². The summed E-state index contributed by atoms with van der Waals surface area (Å²) in [5.74, 6) is -0.133. The monoisotopic (exact) mass is 418 g/mol. The molecule has 3 aliphatic rings. The Morgan fingerprint density at radius 1 is 1.18 bits per heavy atom. The summed E-state index contributed by atoms with van der Waals surface area (Å²) in [7, 11) is 3.48. The molecule has 3 saturated heterocycles. The molecule has 0 saturated carbocycles. The van der Waals surface area contributed by atoms with Gasteiger partial charge >= 0.3 is 6.03 Å². The first kappa shape index (κ1) is 23.2. The van der Waals surface area contributed by atoms with Crippen LogP contribution in [0.3, 0.4) is 0 Å². The van der Waals surface area contributed by atoms with E-state index < -0.39 is 17.2 Å². The average Bonchev–Trinajstić information content (AvgIpc) is 2.66. The van der Waals surface area contributed by atoms with Crippen LogP contribution in [0.15, 0.2) is 0 Å². The Morgan fingerprint density at radius 3 is 2.36 bits per heavy atom. The van der Waals surface area contributed by atoms with E-state index in [0.29, 0.717) is 39.0 Å². The fourth-order valence-electron chi connectivity index (χ4n) is 4.66. The molecular formula is C19H35ClN4O4. The SMILES string of the molecule is CN(C)C(=O)N1CCC(C(=O)N[C@]2(C)CCOC3(CCNCC3)[C@H]2O)CC1.Cl. The number of halogens is 1. The van der Waals surface area contributed by atoms with Gasteiger partial charge in [0, 0.05) is 39.7 Å². The average molecular weight is 419 g/mol. The van der Waals surface area contributed by atoms with Crippen molar-refractivity contribution in [2.45, 2.75) is 56.3 Å². The maximum Gasteiger partial charge on any atom is 0.319 e. The van der Waals surface area contributed by atoms with Crippen LogP contribution in [0.25, 0.3) is 0 Å². The standard InChI is InChI=1S/C19H34N4O4.ClH/c1-18(8-13-27-19(16(18)25)6-9-20-10-7-19)21-15(24)14-4-11-23(12-5-14)17(26)22(2)3;/h14,16,20,25H,4-13H2,1-3H3,(H,21,24);1H/t16-,18+;/m0./s1. The molecular weight excluding hydrogens is 384 g/mol. The number of hydrogen-bond acceptors (Lipinski definition) is 5. The quantitative estimate of drug-likeness (QED) is 0.610. The zero-order valence-electron chi connectivity index (χ0n) is 17.2. The third-order valence-corrected chi connectivity index (χ3v) is 6.49. The van der Waals surface area contributed by atoms with Crippen molar-refractivity contribution in [1.29, 1.82) is 0 Å². The van der Waals surface area contributed by atoms with Crippen molar-refractivity contribution >= 4 is 24.3 Å². The minimum atomic E-state index is -0.722. The lowest BCUT2D eigenvalue weighted by Gasteiger charge is -2.52. The van der Waals surface area contributed by atoms with Crippen molar-refractivity contribution in [3.8, 4) is 0 Å². The third-order valence-electron chi connectivity index (χ3n) is 6.49. The summed E-state index contributed by atoms with van der Waals surface area (Å²) in [4.78, 5) is 28.3. The predicted octanol–water partition coefficient (Wildman–Crippen LogP) is 0.580. The first-order valence-corrected chi connectivity index (χ1v) is 10.1. The number of nitrogens with one attached hydrogen (secondary N) is 2. The molecule has 0 radical (unpaired) electrons. The molecule has 2 atom stereocenters. The Hall–Kier alpha value is -1.09. The zero-order chi connectivity index (χ0) is 19.7. The molecule has 0 aromatic rings. The molecule has 0 aliphatic carbocycles. The van der Waals surface area contributed by atoms with Crippen molar-refractivity contribution in [3.05, 3.63) is 0 Å². The number of carbonyl (C=O) groups excluding carboxylic acids is 2. The van der Waals surface area contributed by atoms with Crippen molar-refractivity contribution in [3.63, 3.8) is 0 Å². The summed E-state index contributed by atoms with van der Waals surface area (Å²) >= 11 is 0. The number of urea groups is 1. The van der Waals surface area contributed by atoms with Gasteiger partial charge in [-0.05, 0) is 52.1 Å². The number of amides is 3. The van der Waals surface area contributed by atoms with E-state index in [1.807, 2.05) is 6.92 Å². The molecule has 0 bridgehead atoms. The summed E-state index contributed by atoms with van der Waals surface area (Å²) in [5, 5.41) is 17.6. The molecule has 0 unspecified atom stereocenters. The Labute approximate surface area is 173 Å². The molecule has 28 heavy (non-hydrogen) atoms. The van der Waals surface area contributed by atoms with Crippen LogP contribution in [0.1, 0.15) is 39.0 Å². The molecule has 3 heterocycles. The lowest BCUT2D eigenvalue weighted by Crippen LogP contribution is -2.69. The van der Waals surface area contributed by atoms with Gasteiger partial charge in [0.15, 0.2) is 0 Å². The van der Waals surface area contributed by atoms with Gasteiger partial charge in [-0.15, -0.1) is 12.4 Å². The molecule has 162 valence electrons. The minimum Gasteiger partial charge on any atom is -0.388 e. The van der Waals surface area contributed by atoms with Crippen molar-refractivity contribution < 1.29 is 19.4 Å². The fourth-order valence-corrected chi connectivity index (χ4v) is 4.66. The molecule has 0 aromatic heterocycles. The van der Waals surface area contributed by atoms with E-state index in [9.17, 15) is 14.7 Å². The van der Waals surface area contributed by atoms with E-state index >= 15 is 0 Å². The van der Waals surface area contributed by atoms with E-state index in [2.05, 4.69) is 10.6 Å². The second kappa shape index (κ2) is 9.15. The number of nitrogens with zero attached hydrogens (tertiary/aromatic N) is 2. The number of hydrogen-bond donors (Lipinski definition) is 3. The molecule has 3 N–H and O–H groups in total. The second-order valence-electron chi connectivity index (χ2n) is 8.66. The van der Waals surface area contributed by atoms with Crippen LogP contribution >= 0.6 is 12.4 Å². The van der Waals surface area contributed by atoms with Gasteiger partial charge in [-0.25, -0.2) is 4.79 Å². The number of piperidine rings is 2. The van der Waals surface area contributed by atoms with Gasteiger partial charge in [0.1, 0.15) is 6.10 Å². The Bertz CT molecular complexity index is 557. The zero-order valence-corrected chi connectivity index (χ0v) is 18.0. The van der Waals surface area contributed by atoms with E-state index in [-0.39, 0.29) is 30.3 Å². The number of carbonyl (C=O) groups is 2. The van der Waals surface area contributed by atoms with Crippen molar-refractivity contribution in [2.75, 3.05) is 46.9 Å². The molecule has 3 amide bonds. The highest BCUT2D eigenvalue weighted by Crippen LogP contribution is 2.38. The predicted molar refractivity (Wildman–Crippen MR) is 109 cm³/mol. The van der Waals surface area contributed by atoms with Gasteiger partial charge in [0.25, 0.3) is 0 Å². The van der Waals surface area contributed by atoms with Crippen LogP contribution in [0.4, 0.5) is 4.79 Å². The topological polar surface area (TPSA) is 94.1 Å². The number of aliphatic hydroxyl groups excluding tert-OH is 1. The van der Waals surface area contributed by atoms with Crippen LogP contribution in [-0.4, -0.2) is 91.0 Å². The van der Waals surface area contributed by atoms with Gasteiger partial charge < -0.3 is 30.3 Å². The Kier molecular flexibility index (Phi) is 7.58. The molecule has 3 rings (SSSR count). The van der Waals surface area contributed by atoms with E-state index in [1.54, 1.807) is 23.9 Å². The lowest BCUT2D eigenvalue weighted by molar-refractivity contribution is -0.200.